The average Bonchev–Trinajstić information content (AvgIpc) is 3.26. The van der Waals surface area contributed by atoms with Gasteiger partial charge < -0.3 is 15.3 Å². The summed E-state index contributed by atoms with van der Waals surface area (Å²) in [6.45, 7) is 12.6. The van der Waals surface area contributed by atoms with Gasteiger partial charge in [-0.2, -0.15) is 0 Å². The Balaban J connectivity index is 0.000000259. The molecule has 3 fully saturated rings. The van der Waals surface area contributed by atoms with E-state index in [0.29, 0.717) is 10.8 Å². The number of carboxylic acids is 2. The van der Waals surface area contributed by atoms with Crippen molar-refractivity contribution in [1.82, 2.24) is 0 Å². The molecule has 3 N–H and O–H groups in total. The molecule has 0 aromatic heterocycles. The van der Waals surface area contributed by atoms with Crippen molar-refractivity contribution in [2.45, 2.75) is 111 Å². The second-order valence-corrected chi connectivity index (χ2v) is 14.3. The Morgan fingerprint density at radius 1 is 0.900 bits per heavy atom. The molecule has 1 aromatic carbocycles. The molecule has 5 rings (SSSR count). The van der Waals surface area contributed by atoms with Gasteiger partial charge in [-0.15, -0.1) is 0 Å². The first kappa shape index (κ1) is 30.8. The van der Waals surface area contributed by atoms with E-state index in [1.165, 1.54) is 82.1 Å². The minimum atomic E-state index is -1.23. The first-order valence-electron chi connectivity index (χ1n) is 15.8. The lowest BCUT2D eigenvalue weighted by molar-refractivity contribution is -0.0573. The van der Waals surface area contributed by atoms with Crippen molar-refractivity contribution in [1.29, 1.82) is 0 Å². The van der Waals surface area contributed by atoms with Gasteiger partial charge in [0.25, 0.3) is 0 Å². The predicted octanol–water partition coefficient (Wildman–Crippen LogP) is 8.47. The molecular formula is C35H52O5. The maximum Gasteiger partial charge on any atom is 0.336 e. The standard InChI is InChI=1S/C27H46O.C8H6O4/c1-18(2)7-6-8-19(3)23-11-12-24-22-10-9-20-17-21(28)13-15-26(20,4)25(22)14-16-27(23,24)5;9-7(10)5-3-1-2-4-6(5)8(11)12/h9,18-19,21-25,28H,6-8,10-17H2,1-5H3;1-4H,(H,9,10)(H,11,12)/t19?,21-,22-,23+,24-,25-,26-,27+;/m0./s1. The summed E-state index contributed by atoms with van der Waals surface area (Å²) in [5, 5.41) is 27.3. The van der Waals surface area contributed by atoms with E-state index < -0.39 is 11.9 Å². The van der Waals surface area contributed by atoms with Crippen LogP contribution in [0.3, 0.4) is 0 Å². The third-order valence-corrected chi connectivity index (χ3v) is 11.7. The van der Waals surface area contributed by atoms with Gasteiger partial charge in [0.2, 0.25) is 0 Å². The molecule has 1 aromatic rings. The second-order valence-electron chi connectivity index (χ2n) is 14.3. The molecule has 5 nitrogen and oxygen atoms in total. The van der Waals surface area contributed by atoms with E-state index >= 15 is 0 Å². The number of aliphatic hydroxyl groups is 1. The van der Waals surface area contributed by atoms with Crippen LogP contribution in [-0.2, 0) is 0 Å². The van der Waals surface area contributed by atoms with E-state index in [4.69, 9.17) is 10.2 Å². The topological polar surface area (TPSA) is 94.8 Å². The number of allylic oxidation sites excluding steroid dienone is 1. The summed E-state index contributed by atoms with van der Waals surface area (Å²) in [4.78, 5) is 20.9. The SMILES string of the molecule is CC(C)CCCC(C)[C@H]1CC[C@H]2[C@@H]3CC=C4C[C@@H](O)CC[C@]4(C)[C@H]3CC[C@]12C.O=C(O)c1ccccc1C(=O)O. The molecular weight excluding hydrogens is 500 g/mol. The molecule has 8 atom stereocenters. The average molecular weight is 553 g/mol. The molecule has 0 aliphatic heterocycles. The number of carboxylic acid groups (broad SMARTS) is 2. The van der Waals surface area contributed by atoms with Crippen LogP contribution in [-0.4, -0.2) is 33.4 Å². The van der Waals surface area contributed by atoms with Gasteiger partial charge in [-0.3, -0.25) is 0 Å². The van der Waals surface area contributed by atoms with Crippen molar-refractivity contribution in [3.05, 3.63) is 47.0 Å². The molecule has 0 bridgehead atoms. The second kappa shape index (κ2) is 12.4. The van der Waals surface area contributed by atoms with E-state index in [9.17, 15) is 14.7 Å². The van der Waals surface area contributed by atoms with Gasteiger partial charge in [0.15, 0.2) is 0 Å². The normalized spacial score (nSPS) is 35.4. The Bertz CT molecular complexity index is 1060. The van der Waals surface area contributed by atoms with Crippen molar-refractivity contribution in [3.8, 4) is 0 Å². The fourth-order valence-corrected chi connectivity index (χ4v) is 9.52. The first-order chi connectivity index (χ1) is 18.9. The Kier molecular flexibility index (Phi) is 9.54. The number of aliphatic hydroxyl groups excluding tert-OH is 1. The molecule has 0 saturated heterocycles. The zero-order valence-electron chi connectivity index (χ0n) is 25.4. The molecule has 0 amide bonds. The van der Waals surface area contributed by atoms with Gasteiger partial charge >= 0.3 is 11.9 Å². The number of rotatable bonds is 7. The number of fused-ring (bicyclic) bond motifs is 5. The molecule has 0 heterocycles. The smallest absolute Gasteiger partial charge is 0.336 e. The molecule has 0 radical (unpaired) electrons. The minimum absolute atomic E-state index is 0.0766. The number of aromatic carboxylic acids is 2. The summed E-state index contributed by atoms with van der Waals surface area (Å²) in [6, 6.07) is 5.48. The van der Waals surface area contributed by atoms with E-state index in [1.54, 1.807) is 5.57 Å². The van der Waals surface area contributed by atoms with Gasteiger partial charge in [-0.25, -0.2) is 9.59 Å². The van der Waals surface area contributed by atoms with Crippen LogP contribution in [0.1, 0.15) is 126 Å². The van der Waals surface area contributed by atoms with Crippen LogP contribution in [0.4, 0.5) is 0 Å². The zero-order valence-corrected chi connectivity index (χ0v) is 25.4. The summed E-state index contributed by atoms with van der Waals surface area (Å²) < 4.78 is 0. The van der Waals surface area contributed by atoms with E-state index in [2.05, 4.69) is 40.7 Å². The highest BCUT2D eigenvalue weighted by atomic mass is 16.4. The maximum absolute atomic E-state index is 10.5. The van der Waals surface area contributed by atoms with Gasteiger partial charge in [-0.05, 0) is 110 Å². The molecule has 1 unspecified atom stereocenters. The maximum atomic E-state index is 10.5. The minimum Gasteiger partial charge on any atom is -0.478 e. The third-order valence-electron chi connectivity index (χ3n) is 11.7. The fraction of sp³-hybridized carbons (Fsp3) is 0.714. The summed E-state index contributed by atoms with van der Waals surface area (Å²) >= 11 is 0. The zero-order chi connectivity index (χ0) is 29.2. The number of carbonyl (C=O) groups is 2. The number of benzene rings is 1. The quantitative estimate of drug-likeness (QED) is 0.295. The summed E-state index contributed by atoms with van der Waals surface area (Å²) in [5.74, 6) is 3.00. The summed E-state index contributed by atoms with van der Waals surface area (Å²) in [7, 11) is 0. The summed E-state index contributed by atoms with van der Waals surface area (Å²) in [5.41, 5.74) is 2.22. The number of hydrogen-bond donors (Lipinski definition) is 3. The molecule has 4 aliphatic carbocycles. The van der Waals surface area contributed by atoms with Crippen LogP contribution in [0, 0.1) is 46.3 Å². The Morgan fingerprint density at radius 3 is 2.15 bits per heavy atom. The van der Waals surface area contributed by atoms with Crippen molar-refractivity contribution < 1.29 is 24.9 Å². The lowest BCUT2D eigenvalue weighted by Crippen LogP contribution is -2.50. The highest BCUT2D eigenvalue weighted by molar-refractivity contribution is 6.01. The third kappa shape index (κ3) is 6.05. The van der Waals surface area contributed by atoms with Crippen molar-refractivity contribution in [3.63, 3.8) is 0 Å². The summed E-state index contributed by atoms with van der Waals surface area (Å²) in [6.07, 6.45) is 17.2. The van der Waals surface area contributed by atoms with Crippen LogP contribution < -0.4 is 0 Å². The van der Waals surface area contributed by atoms with Gasteiger partial charge in [-0.1, -0.05) is 77.7 Å². The Morgan fingerprint density at radius 2 is 1.55 bits per heavy atom. The monoisotopic (exact) mass is 552 g/mol. The van der Waals surface area contributed by atoms with E-state index in [1.807, 2.05) is 0 Å². The van der Waals surface area contributed by atoms with Crippen molar-refractivity contribution in [2.75, 3.05) is 0 Å². The van der Waals surface area contributed by atoms with E-state index in [-0.39, 0.29) is 17.2 Å². The lowest BCUT2D eigenvalue weighted by atomic mass is 9.47. The first-order valence-corrected chi connectivity index (χ1v) is 15.8. The Hall–Kier alpha value is -2.14. The number of hydrogen-bond acceptors (Lipinski definition) is 3. The molecule has 0 spiro atoms. The van der Waals surface area contributed by atoms with Crippen LogP contribution in [0.25, 0.3) is 0 Å². The highest BCUT2D eigenvalue weighted by Crippen LogP contribution is 2.67. The van der Waals surface area contributed by atoms with Crippen LogP contribution >= 0.6 is 0 Å². The predicted molar refractivity (Wildman–Crippen MR) is 159 cm³/mol. The van der Waals surface area contributed by atoms with Gasteiger partial charge in [0.05, 0.1) is 17.2 Å². The molecule has 40 heavy (non-hydrogen) atoms. The highest BCUT2D eigenvalue weighted by Gasteiger charge is 2.59. The molecule has 3 saturated carbocycles. The van der Waals surface area contributed by atoms with Crippen LogP contribution in [0.5, 0.6) is 0 Å². The molecule has 5 heteroatoms. The van der Waals surface area contributed by atoms with Crippen LogP contribution in [0.15, 0.2) is 35.9 Å². The largest absolute Gasteiger partial charge is 0.478 e. The van der Waals surface area contributed by atoms with Gasteiger partial charge in [0.1, 0.15) is 0 Å². The van der Waals surface area contributed by atoms with Crippen molar-refractivity contribution >= 4 is 11.9 Å². The van der Waals surface area contributed by atoms with Gasteiger partial charge in [0, 0.05) is 0 Å². The molecule has 4 aliphatic rings. The lowest BCUT2D eigenvalue weighted by Gasteiger charge is -2.58. The molecule has 222 valence electrons. The van der Waals surface area contributed by atoms with Crippen molar-refractivity contribution in [2.24, 2.45) is 46.3 Å². The Labute approximate surface area is 241 Å². The fourth-order valence-electron chi connectivity index (χ4n) is 9.52. The van der Waals surface area contributed by atoms with Crippen LogP contribution in [0.2, 0.25) is 0 Å². The van der Waals surface area contributed by atoms with E-state index in [0.717, 1.165) is 48.3 Å².